The van der Waals surface area contributed by atoms with Crippen LogP contribution in [0.25, 0.3) is 0 Å². The number of hydrogen-bond acceptors (Lipinski definition) is 6. The van der Waals surface area contributed by atoms with Crippen molar-refractivity contribution in [3.05, 3.63) is 27.7 Å². The lowest BCUT2D eigenvalue weighted by Crippen LogP contribution is -1.81. The highest BCUT2D eigenvalue weighted by Gasteiger charge is 2.04. The second-order valence-electron chi connectivity index (χ2n) is 3.70. The molecule has 2 aromatic heterocycles. The van der Waals surface area contributed by atoms with Crippen LogP contribution < -0.4 is 0 Å². The number of aliphatic hydroxyl groups is 1. The lowest BCUT2D eigenvalue weighted by molar-refractivity contribution is 0.305. The quantitative estimate of drug-likeness (QED) is 0.680. The standard InChI is InChI=1S/C13H14N2OS3/c1-2-12-14-13(19-15-12)18-9-11-7-10(8-17-11)5-3-4-6-16/h7-8,16H,2,4,6,9H2,1H3. The molecule has 100 valence electrons. The van der Waals surface area contributed by atoms with Crippen LogP contribution in [0.5, 0.6) is 0 Å². The van der Waals surface area contributed by atoms with E-state index in [9.17, 15) is 0 Å². The molecule has 0 aliphatic carbocycles. The van der Waals surface area contributed by atoms with E-state index < -0.39 is 0 Å². The summed E-state index contributed by atoms with van der Waals surface area (Å²) in [5.74, 6) is 7.80. The van der Waals surface area contributed by atoms with Gasteiger partial charge in [0.25, 0.3) is 0 Å². The van der Waals surface area contributed by atoms with Gasteiger partial charge in [-0.2, -0.15) is 4.37 Å². The van der Waals surface area contributed by atoms with Crippen LogP contribution in [0.2, 0.25) is 0 Å². The molecule has 0 radical (unpaired) electrons. The summed E-state index contributed by atoms with van der Waals surface area (Å²) in [6.07, 6.45) is 1.42. The van der Waals surface area contributed by atoms with Gasteiger partial charge in [0, 0.05) is 34.4 Å². The van der Waals surface area contributed by atoms with Gasteiger partial charge in [-0.1, -0.05) is 30.5 Å². The molecule has 0 fully saturated rings. The minimum Gasteiger partial charge on any atom is -0.395 e. The van der Waals surface area contributed by atoms with Crippen molar-refractivity contribution in [2.45, 2.75) is 29.9 Å². The van der Waals surface area contributed by atoms with E-state index in [2.05, 4.69) is 39.6 Å². The number of nitrogens with zero attached hydrogens (tertiary/aromatic N) is 2. The highest BCUT2D eigenvalue weighted by molar-refractivity contribution is 8.00. The van der Waals surface area contributed by atoms with E-state index in [4.69, 9.17) is 5.11 Å². The monoisotopic (exact) mass is 310 g/mol. The SMILES string of the molecule is CCc1nsc(SCc2cc(C#CCCO)cs2)n1. The topological polar surface area (TPSA) is 46.0 Å². The van der Waals surface area contributed by atoms with E-state index in [0.29, 0.717) is 6.42 Å². The number of hydrogen-bond donors (Lipinski definition) is 1. The van der Waals surface area contributed by atoms with Gasteiger partial charge in [-0.25, -0.2) is 4.98 Å². The Balaban J connectivity index is 1.88. The molecule has 3 nitrogen and oxygen atoms in total. The molecule has 0 aromatic carbocycles. The summed E-state index contributed by atoms with van der Waals surface area (Å²) in [6, 6.07) is 2.10. The summed E-state index contributed by atoms with van der Waals surface area (Å²) in [5, 5.41) is 10.7. The van der Waals surface area contributed by atoms with Crippen molar-refractivity contribution in [2.75, 3.05) is 6.61 Å². The van der Waals surface area contributed by atoms with Crippen LogP contribution in [0.4, 0.5) is 0 Å². The minimum absolute atomic E-state index is 0.122. The van der Waals surface area contributed by atoms with E-state index in [1.54, 1.807) is 23.1 Å². The Bertz CT molecular complexity index is 580. The van der Waals surface area contributed by atoms with E-state index >= 15 is 0 Å². The summed E-state index contributed by atoms with van der Waals surface area (Å²) in [6.45, 7) is 2.18. The number of aromatic nitrogens is 2. The predicted molar refractivity (Wildman–Crippen MR) is 81.7 cm³/mol. The first-order chi connectivity index (χ1) is 9.31. The fourth-order valence-electron chi connectivity index (χ4n) is 1.32. The van der Waals surface area contributed by atoms with Gasteiger partial charge < -0.3 is 5.11 Å². The molecular weight excluding hydrogens is 296 g/mol. The van der Waals surface area contributed by atoms with Gasteiger partial charge in [0.15, 0.2) is 4.34 Å². The number of rotatable bonds is 5. The van der Waals surface area contributed by atoms with Crippen LogP contribution in [-0.2, 0) is 12.2 Å². The molecule has 0 spiro atoms. The predicted octanol–water partition coefficient (Wildman–Crippen LogP) is 3.19. The first-order valence-corrected chi connectivity index (χ1v) is 8.58. The normalized spacial score (nSPS) is 10.2. The number of aliphatic hydroxyl groups excluding tert-OH is 1. The number of thioether (sulfide) groups is 1. The van der Waals surface area contributed by atoms with Crippen LogP contribution in [0, 0.1) is 11.8 Å². The lowest BCUT2D eigenvalue weighted by atomic mass is 10.3. The fraction of sp³-hybridized carbons (Fsp3) is 0.385. The van der Waals surface area contributed by atoms with E-state index in [-0.39, 0.29) is 6.61 Å². The zero-order valence-electron chi connectivity index (χ0n) is 10.5. The second-order valence-corrected chi connectivity index (χ2v) is 6.67. The largest absolute Gasteiger partial charge is 0.395 e. The smallest absolute Gasteiger partial charge is 0.170 e. The zero-order valence-corrected chi connectivity index (χ0v) is 13.0. The maximum Gasteiger partial charge on any atom is 0.170 e. The molecule has 19 heavy (non-hydrogen) atoms. The second kappa shape index (κ2) is 7.65. The van der Waals surface area contributed by atoms with Gasteiger partial charge >= 0.3 is 0 Å². The molecule has 1 N–H and O–H groups in total. The zero-order chi connectivity index (χ0) is 13.5. The first kappa shape index (κ1) is 14.5. The molecule has 0 aliphatic rings. The summed E-state index contributed by atoms with van der Waals surface area (Å²) >= 11 is 4.90. The minimum atomic E-state index is 0.122. The Kier molecular flexibility index (Phi) is 5.86. The average Bonchev–Trinajstić information content (AvgIpc) is 3.05. The van der Waals surface area contributed by atoms with Gasteiger partial charge in [0.2, 0.25) is 0 Å². The van der Waals surface area contributed by atoms with E-state index in [1.807, 2.05) is 0 Å². The summed E-state index contributed by atoms with van der Waals surface area (Å²) in [4.78, 5) is 5.71. The number of thiophene rings is 1. The molecule has 0 aliphatic heterocycles. The molecule has 2 heterocycles. The third kappa shape index (κ3) is 4.62. The summed E-state index contributed by atoms with van der Waals surface area (Å²) in [5.41, 5.74) is 1.03. The molecule has 0 unspecified atom stereocenters. The molecule has 6 heteroatoms. The average molecular weight is 310 g/mol. The summed E-state index contributed by atoms with van der Waals surface area (Å²) in [7, 11) is 0. The molecule has 0 atom stereocenters. The van der Waals surface area contributed by atoms with E-state index in [0.717, 1.165) is 27.9 Å². The van der Waals surface area contributed by atoms with Crippen molar-refractivity contribution in [3.8, 4) is 11.8 Å². The van der Waals surface area contributed by atoms with Gasteiger partial charge in [0.1, 0.15) is 5.82 Å². The molecule has 0 amide bonds. The van der Waals surface area contributed by atoms with E-state index in [1.165, 1.54) is 16.4 Å². The van der Waals surface area contributed by atoms with Crippen LogP contribution in [0.1, 0.15) is 29.6 Å². The van der Waals surface area contributed by atoms with Crippen LogP contribution >= 0.6 is 34.6 Å². The van der Waals surface area contributed by atoms with Crippen molar-refractivity contribution in [1.82, 2.24) is 9.36 Å². The Morgan fingerprint density at radius 1 is 1.47 bits per heavy atom. The van der Waals surface area contributed by atoms with Crippen molar-refractivity contribution >= 4 is 34.6 Å². The van der Waals surface area contributed by atoms with Gasteiger partial charge in [0.05, 0.1) is 6.61 Å². The first-order valence-electron chi connectivity index (χ1n) is 5.94. The fourth-order valence-corrected chi connectivity index (χ4v) is 3.88. The van der Waals surface area contributed by atoms with Crippen LogP contribution in [-0.4, -0.2) is 21.1 Å². The van der Waals surface area contributed by atoms with Crippen molar-refractivity contribution < 1.29 is 5.11 Å². The third-order valence-corrected chi connectivity index (χ3v) is 5.27. The molecule has 2 aromatic rings. The molecular formula is C13H14N2OS3. The maximum absolute atomic E-state index is 8.67. The highest BCUT2D eigenvalue weighted by atomic mass is 32.2. The van der Waals surface area contributed by atoms with Gasteiger partial charge in [-0.15, -0.1) is 11.3 Å². The van der Waals surface area contributed by atoms with Crippen molar-refractivity contribution in [1.29, 1.82) is 0 Å². The number of aryl methyl sites for hydroxylation is 1. The van der Waals surface area contributed by atoms with Crippen molar-refractivity contribution in [3.63, 3.8) is 0 Å². The van der Waals surface area contributed by atoms with Gasteiger partial charge in [-0.3, -0.25) is 0 Å². The molecule has 0 bridgehead atoms. The molecule has 0 saturated carbocycles. The third-order valence-electron chi connectivity index (χ3n) is 2.23. The highest BCUT2D eigenvalue weighted by Crippen LogP contribution is 2.27. The van der Waals surface area contributed by atoms with Gasteiger partial charge in [-0.05, 0) is 17.6 Å². The Labute approximate surface area is 125 Å². The lowest BCUT2D eigenvalue weighted by Gasteiger charge is -1.92. The maximum atomic E-state index is 8.67. The molecule has 0 saturated heterocycles. The Hall–Kier alpha value is -0.870. The Morgan fingerprint density at radius 3 is 3.11 bits per heavy atom. The summed E-state index contributed by atoms with van der Waals surface area (Å²) < 4.78 is 5.30. The van der Waals surface area contributed by atoms with Crippen LogP contribution in [0.15, 0.2) is 15.8 Å². The molecule has 2 rings (SSSR count). The van der Waals surface area contributed by atoms with Crippen LogP contribution in [0.3, 0.4) is 0 Å². The Morgan fingerprint density at radius 2 is 2.37 bits per heavy atom. The van der Waals surface area contributed by atoms with Crippen molar-refractivity contribution in [2.24, 2.45) is 0 Å².